The molecule has 0 spiro atoms. The van der Waals surface area contributed by atoms with Crippen LogP contribution in [0, 0.1) is 0 Å². The molecule has 0 saturated heterocycles. The molecule has 0 aliphatic carbocycles. The first-order valence-electron chi connectivity index (χ1n) is 5.42. The Labute approximate surface area is 89.9 Å². The first-order chi connectivity index (χ1) is 7.31. The Morgan fingerprint density at radius 2 is 2.40 bits per heavy atom. The summed E-state index contributed by atoms with van der Waals surface area (Å²) in [5, 5.41) is 6.14. The largest absolute Gasteiger partial charge is 0.384 e. The maximum atomic E-state index is 11.5. The molecule has 0 radical (unpaired) electrons. The van der Waals surface area contributed by atoms with Crippen molar-refractivity contribution in [2.24, 2.45) is 0 Å². The van der Waals surface area contributed by atoms with Crippen LogP contribution < -0.4 is 10.6 Å². The zero-order valence-corrected chi connectivity index (χ0v) is 8.97. The molecule has 0 saturated carbocycles. The van der Waals surface area contributed by atoms with Crippen molar-refractivity contribution in [1.29, 1.82) is 0 Å². The molecule has 15 heavy (non-hydrogen) atoms. The standard InChI is InChI=1S/C12H16N2O/c1-2-13-12(15)8-9-4-3-5-11-10(9)6-7-14-11/h3-5,14H,2,6-8H2,1H3,(H,13,15). The van der Waals surface area contributed by atoms with Gasteiger partial charge in [0.05, 0.1) is 6.42 Å². The Morgan fingerprint density at radius 1 is 1.53 bits per heavy atom. The Bertz CT molecular complexity index is 374. The maximum Gasteiger partial charge on any atom is 0.224 e. The zero-order valence-electron chi connectivity index (χ0n) is 8.97. The predicted molar refractivity (Wildman–Crippen MR) is 61.0 cm³/mol. The van der Waals surface area contributed by atoms with E-state index >= 15 is 0 Å². The van der Waals surface area contributed by atoms with Crippen molar-refractivity contribution in [1.82, 2.24) is 5.32 Å². The monoisotopic (exact) mass is 204 g/mol. The first-order valence-corrected chi connectivity index (χ1v) is 5.42. The van der Waals surface area contributed by atoms with Gasteiger partial charge in [-0.2, -0.15) is 0 Å². The van der Waals surface area contributed by atoms with Crippen LogP contribution in [0.5, 0.6) is 0 Å². The fourth-order valence-electron chi connectivity index (χ4n) is 2.02. The van der Waals surface area contributed by atoms with E-state index in [0.29, 0.717) is 13.0 Å². The average Bonchev–Trinajstić information content (AvgIpc) is 2.67. The van der Waals surface area contributed by atoms with E-state index in [4.69, 9.17) is 0 Å². The summed E-state index contributed by atoms with van der Waals surface area (Å²) < 4.78 is 0. The lowest BCUT2D eigenvalue weighted by Crippen LogP contribution is -2.24. The second kappa shape index (κ2) is 4.34. The van der Waals surface area contributed by atoms with Gasteiger partial charge < -0.3 is 10.6 Å². The van der Waals surface area contributed by atoms with Gasteiger partial charge in [-0.25, -0.2) is 0 Å². The van der Waals surface area contributed by atoms with E-state index in [-0.39, 0.29) is 5.91 Å². The quantitative estimate of drug-likeness (QED) is 0.780. The molecule has 0 unspecified atom stereocenters. The van der Waals surface area contributed by atoms with Gasteiger partial charge >= 0.3 is 0 Å². The van der Waals surface area contributed by atoms with Crippen LogP contribution in [-0.2, 0) is 17.6 Å². The summed E-state index contributed by atoms with van der Waals surface area (Å²) in [6.07, 6.45) is 1.53. The summed E-state index contributed by atoms with van der Waals surface area (Å²) in [5.41, 5.74) is 3.66. The molecule has 1 aromatic carbocycles. The van der Waals surface area contributed by atoms with E-state index < -0.39 is 0 Å². The van der Waals surface area contributed by atoms with Gasteiger partial charge in [0.25, 0.3) is 0 Å². The minimum Gasteiger partial charge on any atom is -0.384 e. The molecule has 3 heteroatoms. The fraction of sp³-hybridized carbons (Fsp3) is 0.417. The summed E-state index contributed by atoms with van der Waals surface area (Å²) in [7, 11) is 0. The molecular formula is C12H16N2O. The van der Waals surface area contributed by atoms with Gasteiger partial charge in [0.15, 0.2) is 0 Å². The van der Waals surface area contributed by atoms with E-state index in [1.165, 1.54) is 11.3 Å². The molecule has 1 amide bonds. The van der Waals surface area contributed by atoms with Crippen LogP contribution >= 0.6 is 0 Å². The first kappa shape index (κ1) is 10.0. The summed E-state index contributed by atoms with van der Waals surface area (Å²) in [5.74, 6) is 0.109. The lowest BCUT2D eigenvalue weighted by atomic mass is 10.0. The number of amides is 1. The molecule has 1 aliphatic heterocycles. The summed E-state index contributed by atoms with van der Waals surface area (Å²) in [6, 6.07) is 6.12. The van der Waals surface area contributed by atoms with Crippen LogP contribution in [0.25, 0.3) is 0 Å². The number of likely N-dealkylation sites (N-methyl/N-ethyl adjacent to an activating group) is 1. The van der Waals surface area contributed by atoms with Crippen LogP contribution in [0.15, 0.2) is 18.2 Å². The number of hydrogen-bond donors (Lipinski definition) is 2. The highest BCUT2D eigenvalue weighted by atomic mass is 16.1. The van der Waals surface area contributed by atoms with Crippen LogP contribution in [0.4, 0.5) is 5.69 Å². The predicted octanol–water partition coefficient (Wildman–Crippen LogP) is 1.33. The topological polar surface area (TPSA) is 41.1 Å². The minimum absolute atomic E-state index is 0.109. The number of carbonyl (C=O) groups excluding carboxylic acids is 1. The van der Waals surface area contributed by atoms with Crippen LogP contribution in [0.3, 0.4) is 0 Å². The van der Waals surface area contributed by atoms with E-state index in [1.807, 2.05) is 19.1 Å². The van der Waals surface area contributed by atoms with Gasteiger partial charge in [-0.1, -0.05) is 12.1 Å². The molecule has 80 valence electrons. The molecule has 0 atom stereocenters. The third kappa shape index (κ3) is 2.12. The van der Waals surface area contributed by atoms with Crippen LogP contribution in [-0.4, -0.2) is 19.0 Å². The molecular weight excluding hydrogens is 188 g/mol. The lowest BCUT2D eigenvalue weighted by molar-refractivity contribution is -0.120. The fourth-order valence-corrected chi connectivity index (χ4v) is 2.02. The van der Waals surface area contributed by atoms with Gasteiger partial charge in [0.2, 0.25) is 5.91 Å². The average molecular weight is 204 g/mol. The van der Waals surface area contributed by atoms with Crippen molar-refractivity contribution < 1.29 is 4.79 Å². The molecule has 2 N–H and O–H groups in total. The smallest absolute Gasteiger partial charge is 0.224 e. The van der Waals surface area contributed by atoms with Crippen molar-refractivity contribution in [3.8, 4) is 0 Å². The molecule has 1 aromatic rings. The SMILES string of the molecule is CCNC(=O)Cc1cccc2c1CCN2. The van der Waals surface area contributed by atoms with E-state index in [1.54, 1.807) is 0 Å². The van der Waals surface area contributed by atoms with Crippen molar-refractivity contribution >= 4 is 11.6 Å². The van der Waals surface area contributed by atoms with Crippen molar-refractivity contribution in [2.75, 3.05) is 18.4 Å². The maximum absolute atomic E-state index is 11.5. The van der Waals surface area contributed by atoms with Crippen molar-refractivity contribution in [3.05, 3.63) is 29.3 Å². The molecule has 0 fully saturated rings. The van der Waals surface area contributed by atoms with Gasteiger partial charge in [0, 0.05) is 18.8 Å². The number of nitrogens with one attached hydrogen (secondary N) is 2. The third-order valence-corrected chi connectivity index (χ3v) is 2.69. The highest BCUT2D eigenvalue weighted by Crippen LogP contribution is 2.25. The molecule has 1 aliphatic rings. The van der Waals surface area contributed by atoms with Gasteiger partial charge in [-0.05, 0) is 30.5 Å². The van der Waals surface area contributed by atoms with Gasteiger partial charge in [-0.3, -0.25) is 4.79 Å². The number of rotatable bonds is 3. The number of carbonyl (C=O) groups is 1. The second-order valence-electron chi connectivity index (χ2n) is 3.75. The van der Waals surface area contributed by atoms with Crippen molar-refractivity contribution in [3.63, 3.8) is 0 Å². The molecule has 1 heterocycles. The van der Waals surface area contributed by atoms with E-state index in [9.17, 15) is 4.79 Å². The lowest BCUT2D eigenvalue weighted by Gasteiger charge is -2.07. The van der Waals surface area contributed by atoms with Crippen molar-refractivity contribution in [2.45, 2.75) is 19.8 Å². The molecule has 3 nitrogen and oxygen atoms in total. The number of hydrogen-bond acceptors (Lipinski definition) is 2. The highest BCUT2D eigenvalue weighted by Gasteiger charge is 2.15. The third-order valence-electron chi connectivity index (χ3n) is 2.69. The number of anilines is 1. The summed E-state index contributed by atoms with van der Waals surface area (Å²) in [6.45, 7) is 3.63. The number of fused-ring (bicyclic) bond motifs is 1. The van der Waals surface area contributed by atoms with Crippen LogP contribution in [0.2, 0.25) is 0 Å². The molecule has 2 rings (SSSR count). The Hall–Kier alpha value is -1.51. The number of benzene rings is 1. The highest BCUT2D eigenvalue weighted by molar-refractivity contribution is 5.79. The normalized spacial score (nSPS) is 13.1. The summed E-state index contributed by atoms with van der Waals surface area (Å²) in [4.78, 5) is 11.5. The minimum atomic E-state index is 0.109. The van der Waals surface area contributed by atoms with E-state index in [0.717, 1.165) is 18.5 Å². The van der Waals surface area contributed by atoms with Gasteiger partial charge in [0.1, 0.15) is 0 Å². The molecule has 0 aromatic heterocycles. The Kier molecular flexibility index (Phi) is 2.90. The Morgan fingerprint density at radius 3 is 3.20 bits per heavy atom. The van der Waals surface area contributed by atoms with Crippen LogP contribution in [0.1, 0.15) is 18.1 Å². The van der Waals surface area contributed by atoms with E-state index in [2.05, 4.69) is 16.7 Å². The van der Waals surface area contributed by atoms with Gasteiger partial charge in [-0.15, -0.1) is 0 Å². The Balaban J connectivity index is 2.15. The zero-order chi connectivity index (χ0) is 10.7. The second-order valence-corrected chi connectivity index (χ2v) is 3.75. The summed E-state index contributed by atoms with van der Waals surface area (Å²) >= 11 is 0. The molecule has 0 bridgehead atoms.